The Morgan fingerprint density at radius 2 is 1.89 bits per heavy atom. The lowest BCUT2D eigenvalue weighted by Crippen LogP contribution is -2.53. The van der Waals surface area contributed by atoms with Crippen LogP contribution in [-0.2, 0) is 10.2 Å². The maximum absolute atomic E-state index is 12.9. The Morgan fingerprint density at radius 1 is 1.11 bits per heavy atom. The molecule has 1 aliphatic carbocycles. The van der Waals surface area contributed by atoms with Crippen molar-refractivity contribution in [2.45, 2.75) is 44.2 Å². The van der Waals surface area contributed by atoms with E-state index in [1.807, 2.05) is 49.2 Å². The van der Waals surface area contributed by atoms with Crippen molar-refractivity contribution in [1.29, 1.82) is 0 Å². The lowest BCUT2D eigenvalue weighted by atomic mass is 9.85. The quantitative estimate of drug-likeness (QED) is 0.773. The number of hydrogen-bond acceptors (Lipinski definition) is 6. The molecule has 1 amide bonds. The highest BCUT2D eigenvalue weighted by atomic mass is 16.2. The van der Waals surface area contributed by atoms with Gasteiger partial charge in [0.1, 0.15) is 0 Å². The number of carbonyl (C=O) groups excluding carboxylic acids is 1. The minimum Gasteiger partial charge on any atom is -0.351 e. The molecule has 27 heavy (non-hydrogen) atoms. The fourth-order valence-electron chi connectivity index (χ4n) is 3.93. The molecule has 0 unspecified atom stereocenters. The lowest BCUT2D eigenvalue weighted by molar-refractivity contribution is -0.123. The van der Waals surface area contributed by atoms with Gasteiger partial charge in [-0.05, 0) is 32.8 Å². The summed E-state index contributed by atoms with van der Waals surface area (Å²) in [5.41, 5.74) is 1.07. The van der Waals surface area contributed by atoms with Gasteiger partial charge in [-0.1, -0.05) is 18.2 Å². The Labute approximate surface area is 156 Å². The van der Waals surface area contributed by atoms with Gasteiger partial charge in [0.05, 0.1) is 16.6 Å². The first-order chi connectivity index (χ1) is 13.0. The second kappa shape index (κ2) is 5.70. The molecule has 0 atom stereocenters. The molecule has 1 aromatic carbocycles. The fraction of sp³-hybridized carbons (Fsp3) is 0.350. The van der Waals surface area contributed by atoms with E-state index in [-0.39, 0.29) is 18.0 Å². The van der Waals surface area contributed by atoms with Crippen molar-refractivity contribution in [2.24, 2.45) is 0 Å². The van der Waals surface area contributed by atoms with Crippen molar-refractivity contribution < 1.29 is 4.79 Å². The van der Waals surface area contributed by atoms with Crippen molar-refractivity contribution in [2.75, 3.05) is 10.2 Å². The largest absolute Gasteiger partial charge is 0.351 e. The zero-order valence-electron chi connectivity index (χ0n) is 15.3. The first-order valence-electron chi connectivity index (χ1n) is 9.17. The van der Waals surface area contributed by atoms with Crippen molar-refractivity contribution in [3.63, 3.8) is 0 Å². The van der Waals surface area contributed by atoms with E-state index in [0.29, 0.717) is 11.8 Å². The molecule has 0 bridgehead atoms. The monoisotopic (exact) mass is 360 g/mol. The van der Waals surface area contributed by atoms with Crippen LogP contribution in [0.25, 0.3) is 10.9 Å². The highest BCUT2D eigenvalue weighted by molar-refractivity contribution is 6.06. The third-order valence-corrected chi connectivity index (χ3v) is 5.55. The Bertz CT molecular complexity index is 1040. The Hall–Kier alpha value is -3.09. The summed E-state index contributed by atoms with van der Waals surface area (Å²) in [7, 11) is 0. The highest BCUT2D eigenvalue weighted by Crippen LogP contribution is 2.43. The predicted octanol–water partition coefficient (Wildman–Crippen LogP) is 2.69. The number of aromatic nitrogens is 4. The molecule has 2 aromatic heterocycles. The summed E-state index contributed by atoms with van der Waals surface area (Å²) < 4.78 is 0. The van der Waals surface area contributed by atoms with Crippen LogP contribution in [0.4, 0.5) is 11.8 Å². The van der Waals surface area contributed by atoms with E-state index in [4.69, 9.17) is 0 Å². The Kier molecular flexibility index (Phi) is 3.40. The first-order valence-corrected chi connectivity index (χ1v) is 9.17. The van der Waals surface area contributed by atoms with Gasteiger partial charge in [0.15, 0.2) is 5.82 Å². The van der Waals surface area contributed by atoms with Crippen molar-refractivity contribution in [3.8, 4) is 0 Å². The molecule has 1 N–H and O–H groups in total. The molecule has 1 fully saturated rings. The maximum Gasteiger partial charge on any atom is 0.240 e. The zero-order chi connectivity index (χ0) is 18.6. The number of fused-ring (bicyclic) bond motifs is 2. The molecule has 3 heterocycles. The summed E-state index contributed by atoms with van der Waals surface area (Å²) in [4.78, 5) is 32.6. The van der Waals surface area contributed by atoms with Crippen LogP contribution in [0, 0.1) is 0 Å². The Morgan fingerprint density at radius 3 is 2.74 bits per heavy atom. The van der Waals surface area contributed by atoms with Gasteiger partial charge in [0.2, 0.25) is 11.9 Å². The summed E-state index contributed by atoms with van der Waals surface area (Å²) in [5.74, 6) is 1.41. The van der Waals surface area contributed by atoms with Gasteiger partial charge >= 0.3 is 0 Å². The molecular weight excluding hydrogens is 340 g/mol. The number of nitrogens with one attached hydrogen (secondary N) is 1. The van der Waals surface area contributed by atoms with Crippen molar-refractivity contribution in [1.82, 2.24) is 19.9 Å². The van der Waals surface area contributed by atoms with Gasteiger partial charge in [-0.25, -0.2) is 15.0 Å². The molecule has 0 saturated heterocycles. The van der Waals surface area contributed by atoms with Gasteiger partial charge in [-0.3, -0.25) is 14.7 Å². The highest BCUT2D eigenvalue weighted by Gasteiger charge is 2.51. The summed E-state index contributed by atoms with van der Waals surface area (Å²) in [6.45, 7) is 3.83. The van der Waals surface area contributed by atoms with E-state index in [2.05, 4.69) is 25.3 Å². The number of hydrogen-bond donors (Lipinski definition) is 1. The zero-order valence-corrected chi connectivity index (χ0v) is 15.3. The van der Waals surface area contributed by atoms with Crippen LogP contribution in [0.2, 0.25) is 0 Å². The minimum atomic E-state index is -0.621. The Balaban J connectivity index is 1.31. The van der Waals surface area contributed by atoms with Crippen LogP contribution in [0.1, 0.15) is 32.4 Å². The average molecular weight is 360 g/mol. The third kappa shape index (κ3) is 2.45. The van der Waals surface area contributed by atoms with Gasteiger partial charge in [0.25, 0.3) is 0 Å². The smallest absolute Gasteiger partial charge is 0.240 e. The molecule has 0 spiro atoms. The van der Waals surface area contributed by atoms with Crippen LogP contribution in [0.5, 0.6) is 0 Å². The average Bonchev–Trinajstić information content (AvgIpc) is 2.85. The standard InChI is InChI=1S/C20H20N6O/c1-20(2)16-17(22-8-7-21-16)26(18(20)27)14-9-13(10-14)24-19-23-11-12-5-3-4-6-15(12)25-19/h3-8,11,13-14H,9-10H2,1-2H3,(H,23,24,25)/t13-,14-. The summed E-state index contributed by atoms with van der Waals surface area (Å²) >= 11 is 0. The van der Waals surface area contributed by atoms with Gasteiger partial charge in [-0.15, -0.1) is 0 Å². The molecule has 136 valence electrons. The number of anilines is 2. The van der Waals surface area contributed by atoms with Gasteiger partial charge in [0, 0.05) is 36.1 Å². The molecule has 7 nitrogen and oxygen atoms in total. The first kappa shape index (κ1) is 16.1. The molecule has 7 heteroatoms. The minimum absolute atomic E-state index is 0.0779. The number of nitrogens with zero attached hydrogens (tertiary/aromatic N) is 5. The van der Waals surface area contributed by atoms with Gasteiger partial charge in [-0.2, -0.15) is 0 Å². The number of para-hydroxylation sites is 1. The van der Waals surface area contributed by atoms with E-state index < -0.39 is 5.41 Å². The van der Waals surface area contributed by atoms with Crippen LogP contribution < -0.4 is 10.2 Å². The topological polar surface area (TPSA) is 83.9 Å². The van der Waals surface area contributed by atoms with Crippen LogP contribution in [0.3, 0.4) is 0 Å². The van der Waals surface area contributed by atoms with Crippen LogP contribution in [-0.4, -0.2) is 37.9 Å². The van der Waals surface area contributed by atoms with Crippen molar-refractivity contribution >= 4 is 28.6 Å². The SMILES string of the molecule is CC1(C)C(=O)N([C@H]2C[C@H](Nc3ncc4ccccc4n3)C2)c2nccnc21. The summed E-state index contributed by atoms with van der Waals surface area (Å²) in [6, 6.07) is 8.30. The molecule has 1 aliphatic heterocycles. The fourth-order valence-corrected chi connectivity index (χ4v) is 3.93. The molecule has 1 saturated carbocycles. The second-order valence-electron chi connectivity index (χ2n) is 7.75. The van der Waals surface area contributed by atoms with Gasteiger partial charge < -0.3 is 5.32 Å². The molecule has 0 radical (unpaired) electrons. The maximum atomic E-state index is 12.9. The van der Waals surface area contributed by atoms with E-state index in [0.717, 1.165) is 29.4 Å². The third-order valence-electron chi connectivity index (χ3n) is 5.55. The predicted molar refractivity (Wildman–Crippen MR) is 103 cm³/mol. The number of amides is 1. The molecule has 2 aliphatic rings. The molecular formula is C20H20N6O. The normalized spacial score (nSPS) is 23.2. The van der Waals surface area contributed by atoms with Crippen LogP contribution >= 0.6 is 0 Å². The van der Waals surface area contributed by atoms with Crippen LogP contribution in [0.15, 0.2) is 42.9 Å². The summed E-state index contributed by atoms with van der Waals surface area (Å²) in [5, 5.41) is 4.41. The van der Waals surface area contributed by atoms with E-state index in [1.54, 1.807) is 12.4 Å². The van der Waals surface area contributed by atoms with E-state index in [9.17, 15) is 4.79 Å². The number of benzene rings is 1. The number of rotatable bonds is 3. The second-order valence-corrected chi connectivity index (χ2v) is 7.75. The van der Waals surface area contributed by atoms with Crippen molar-refractivity contribution in [3.05, 3.63) is 48.5 Å². The van der Waals surface area contributed by atoms with E-state index in [1.165, 1.54) is 0 Å². The van der Waals surface area contributed by atoms with E-state index >= 15 is 0 Å². The number of carbonyl (C=O) groups is 1. The summed E-state index contributed by atoms with van der Waals surface area (Å²) in [6.07, 6.45) is 6.82. The lowest BCUT2D eigenvalue weighted by Gasteiger charge is -2.41. The molecule has 5 rings (SSSR count). The molecule has 3 aromatic rings.